The standard InChI is InChI=1S/C15H19N3O/c19-15(11-5-3-1-2-4-6-11)18-12-7-8-13-14(9-12)17-10-16-13/h7-11H,1-6H2,(H,16,17)(H,18,19). The molecule has 0 aliphatic heterocycles. The molecule has 0 radical (unpaired) electrons. The fourth-order valence-corrected chi connectivity index (χ4v) is 2.80. The molecule has 0 bridgehead atoms. The fraction of sp³-hybridized carbons (Fsp3) is 0.467. The summed E-state index contributed by atoms with van der Waals surface area (Å²) in [5.74, 6) is 0.348. The zero-order valence-corrected chi connectivity index (χ0v) is 11.0. The Hall–Kier alpha value is -1.84. The van der Waals surface area contributed by atoms with Gasteiger partial charge in [-0.1, -0.05) is 25.7 Å². The molecule has 0 saturated heterocycles. The Balaban J connectivity index is 1.70. The molecule has 0 atom stereocenters. The second-order valence-electron chi connectivity index (χ2n) is 5.31. The zero-order chi connectivity index (χ0) is 13.1. The predicted octanol–water partition coefficient (Wildman–Crippen LogP) is 3.47. The number of carbonyl (C=O) groups excluding carboxylic acids is 1. The van der Waals surface area contributed by atoms with E-state index >= 15 is 0 Å². The van der Waals surface area contributed by atoms with Crippen molar-refractivity contribution in [2.24, 2.45) is 5.92 Å². The number of nitrogens with one attached hydrogen (secondary N) is 2. The number of H-pyrrole nitrogens is 1. The topological polar surface area (TPSA) is 57.8 Å². The number of imidazole rings is 1. The number of benzene rings is 1. The van der Waals surface area contributed by atoms with Crippen molar-refractivity contribution in [3.8, 4) is 0 Å². The van der Waals surface area contributed by atoms with E-state index in [1.54, 1.807) is 6.33 Å². The lowest BCUT2D eigenvalue weighted by Gasteiger charge is -2.14. The van der Waals surface area contributed by atoms with Crippen molar-refractivity contribution in [3.05, 3.63) is 24.5 Å². The summed E-state index contributed by atoms with van der Waals surface area (Å²) in [4.78, 5) is 19.5. The van der Waals surface area contributed by atoms with E-state index in [2.05, 4.69) is 15.3 Å². The highest BCUT2D eigenvalue weighted by Crippen LogP contribution is 2.24. The summed E-state index contributed by atoms with van der Waals surface area (Å²) < 4.78 is 0. The van der Waals surface area contributed by atoms with E-state index in [4.69, 9.17) is 0 Å². The molecule has 0 spiro atoms. The summed E-state index contributed by atoms with van der Waals surface area (Å²) in [5, 5.41) is 3.03. The number of amides is 1. The van der Waals surface area contributed by atoms with E-state index in [-0.39, 0.29) is 11.8 Å². The molecule has 3 rings (SSSR count). The molecule has 1 heterocycles. The van der Waals surface area contributed by atoms with Crippen molar-refractivity contribution in [1.29, 1.82) is 0 Å². The van der Waals surface area contributed by atoms with E-state index in [1.807, 2.05) is 18.2 Å². The molecule has 4 heteroatoms. The molecule has 1 aliphatic carbocycles. The molecule has 4 nitrogen and oxygen atoms in total. The smallest absolute Gasteiger partial charge is 0.227 e. The Morgan fingerprint density at radius 2 is 2.00 bits per heavy atom. The Morgan fingerprint density at radius 1 is 1.21 bits per heavy atom. The van der Waals surface area contributed by atoms with Crippen molar-refractivity contribution < 1.29 is 4.79 Å². The van der Waals surface area contributed by atoms with Gasteiger partial charge in [0.15, 0.2) is 0 Å². The normalized spacial score (nSPS) is 17.3. The number of aromatic amines is 1. The molecule has 0 unspecified atom stereocenters. The molecule has 1 aromatic heterocycles. The number of carbonyl (C=O) groups is 1. The van der Waals surface area contributed by atoms with Crippen molar-refractivity contribution >= 4 is 22.6 Å². The molecule has 1 aliphatic rings. The van der Waals surface area contributed by atoms with E-state index in [9.17, 15) is 4.79 Å². The number of rotatable bonds is 2. The first-order valence-corrected chi connectivity index (χ1v) is 7.07. The first-order chi connectivity index (χ1) is 9.33. The van der Waals surface area contributed by atoms with Crippen LogP contribution in [-0.4, -0.2) is 15.9 Å². The van der Waals surface area contributed by atoms with E-state index in [1.165, 1.54) is 25.7 Å². The monoisotopic (exact) mass is 257 g/mol. The lowest BCUT2D eigenvalue weighted by atomic mass is 9.99. The van der Waals surface area contributed by atoms with Crippen LogP contribution in [0, 0.1) is 5.92 Å². The van der Waals surface area contributed by atoms with Gasteiger partial charge >= 0.3 is 0 Å². The van der Waals surface area contributed by atoms with Crippen LogP contribution in [0.15, 0.2) is 24.5 Å². The van der Waals surface area contributed by atoms with Crippen LogP contribution in [0.25, 0.3) is 11.0 Å². The SMILES string of the molecule is O=C(Nc1ccc2nc[nH]c2c1)C1CCCCCC1. The van der Waals surface area contributed by atoms with Crippen molar-refractivity contribution in [2.45, 2.75) is 38.5 Å². The van der Waals surface area contributed by atoms with Gasteiger partial charge in [0, 0.05) is 11.6 Å². The summed E-state index contributed by atoms with van der Waals surface area (Å²) in [6, 6.07) is 5.78. The Bertz CT molecular complexity index is 568. The molecule has 1 aromatic carbocycles. The highest BCUT2D eigenvalue weighted by molar-refractivity contribution is 5.94. The summed E-state index contributed by atoms with van der Waals surface area (Å²) in [7, 11) is 0. The Kier molecular flexibility index (Phi) is 3.49. The van der Waals surface area contributed by atoms with Gasteiger partial charge in [-0.15, -0.1) is 0 Å². The molecular weight excluding hydrogens is 238 g/mol. The Labute approximate surface area is 112 Å². The quantitative estimate of drug-likeness (QED) is 0.809. The van der Waals surface area contributed by atoms with Gasteiger partial charge in [0.1, 0.15) is 0 Å². The van der Waals surface area contributed by atoms with E-state index in [0.29, 0.717) is 0 Å². The van der Waals surface area contributed by atoms with Crippen LogP contribution in [-0.2, 0) is 4.79 Å². The van der Waals surface area contributed by atoms with Gasteiger partial charge in [0.2, 0.25) is 5.91 Å². The van der Waals surface area contributed by atoms with E-state index in [0.717, 1.165) is 29.6 Å². The average molecular weight is 257 g/mol. The van der Waals surface area contributed by atoms with Gasteiger partial charge in [-0.05, 0) is 31.0 Å². The molecule has 1 amide bonds. The lowest BCUT2D eigenvalue weighted by Crippen LogP contribution is -2.22. The van der Waals surface area contributed by atoms with Gasteiger partial charge in [-0.2, -0.15) is 0 Å². The highest BCUT2D eigenvalue weighted by Gasteiger charge is 2.20. The molecule has 100 valence electrons. The van der Waals surface area contributed by atoms with Gasteiger partial charge in [-0.3, -0.25) is 4.79 Å². The van der Waals surface area contributed by atoms with Crippen molar-refractivity contribution in [3.63, 3.8) is 0 Å². The first kappa shape index (κ1) is 12.2. The van der Waals surface area contributed by atoms with Crippen LogP contribution < -0.4 is 5.32 Å². The van der Waals surface area contributed by atoms with Crippen molar-refractivity contribution in [2.75, 3.05) is 5.32 Å². The highest BCUT2D eigenvalue weighted by atomic mass is 16.1. The second kappa shape index (κ2) is 5.43. The summed E-state index contributed by atoms with van der Waals surface area (Å²) in [5.41, 5.74) is 2.73. The summed E-state index contributed by atoms with van der Waals surface area (Å²) in [6.07, 6.45) is 8.61. The van der Waals surface area contributed by atoms with Gasteiger partial charge in [0.05, 0.1) is 17.4 Å². The summed E-state index contributed by atoms with van der Waals surface area (Å²) >= 11 is 0. The maximum atomic E-state index is 12.3. The minimum absolute atomic E-state index is 0.167. The fourth-order valence-electron chi connectivity index (χ4n) is 2.80. The van der Waals surface area contributed by atoms with Gasteiger partial charge in [0.25, 0.3) is 0 Å². The van der Waals surface area contributed by atoms with Crippen LogP contribution in [0.2, 0.25) is 0 Å². The van der Waals surface area contributed by atoms with Crippen molar-refractivity contribution in [1.82, 2.24) is 9.97 Å². The Morgan fingerprint density at radius 3 is 2.79 bits per heavy atom. The third kappa shape index (κ3) is 2.78. The van der Waals surface area contributed by atoms with Crippen LogP contribution in [0.3, 0.4) is 0 Å². The predicted molar refractivity (Wildman–Crippen MR) is 75.9 cm³/mol. The average Bonchev–Trinajstić information content (AvgIpc) is 2.71. The van der Waals surface area contributed by atoms with Crippen LogP contribution >= 0.6 is 0 Å². The third-order valence-corrected chi connectivity index (χ3v) is 3.91. The largest absolute Gasteiger partial charge is 0.345 e. The number of hydrogen-bond donors (Lipinski definition) is 2. The second-order valence-corrected chi connectivity index (χ2v) is 5.31. The van der Waals surface area contributed by atoms with E-state index < -0.39 is 0 Å². The van der Waals surface area contributed by atoms with Gasteiger partial charge < -0.3 is 10.3 Å². The molecule has 19 heavy (non-hydrogen) atoms. The molecule has 1 fully saturated rings. The maximum Gasteiger partial charge on any atom is 0.227 e. The van der Waals surface area contributed by atoms with Gasteiger partial charge in [-0.25, -0.2) is 4.98 Å². The first-order valence-electron chi connectivity index (χ1n) is 7.07. The number of aromatic nitrogens is 2. The minimum Gasteiger partial charge on any atom is -0.345 e. The number of hydrogen-bond acceptors (Lipinski definition) is 2. The third-order valence-electron chi connectivity index (χ3n) is 3.91. The zero-order valence-electron chi connectivity index (χ0n) is 11.0. The van der Waals surface area contributed by atoms with Crippen LogP contribution in [0.1, 0.15) is 38.5 Å². The number of nitrogens with zero attached hydrogens (tertiary/aromatic N) is 1. The maximum absolute atomic E-state index is 12.3. The molecule has 2 N–H and O–H groups in total. The molecule has 1 saturated carbocycles. The number of fused-ring (bicyclic) bond motifs is 1. The van der Waals surface area contributed by atoms with Crippen LogP contribution in [0.4, 0.5) is 5.69 Å². The summed E-state index contributed by atoms with van der Waals surface area (Å²) in [6.45, 7) is 0. The molecular formula is C15H19N3O. The van der Waals surface area contributed by atoms with Crippen LogP contribution in [0.5, 0.6) is 0 Å². The number of anilines is 1. The lowest BCUT2D eigenvalue weighted by molar-refractivity contribution is -0.120. The minimum atomic E-state index is 0.167. The molecule has 2 aromatic rings.